The van der Waals surface area contributed by atoms with E-state index in [-0.39, 0.29) is 24.7 Å². The van der Waals surface area contributed by atoms with E-state index in [4.69, 9.17) is 4.74 Å². The van der Waals surface area contributed by atoms with E-state index in [1.54, 1.807) is 15.8 Å². The van der Waals surface area contributed by atoms with Gasteiger partial charge in [0.05, 0.1) is 17.9 Å². The fraction of sp³-hybridized carbons (Fsp3) is 0.261. The Labute approximate surface area is 175 Å². The Balaban J connectivity index is 1.21. The molecule has 0 fully saturated rings. The van der Waals surface area contributed by atoms with E-state index in [2.05, 4.69) is 10.4 Å². The number of benzene rings is 2. The molecule has 0 saturated carbocycles. The molecule has 0 saturated heterocycles. The Hall–Kier alpha value is -3.61. The van der Waals surface area contributed by atoms with Crippen molar-refractivity contribution < 1.29 is 14.3 Å². The lowest BCUT2D eigenvalue weighted by molar-refractivity contribution is -0.125. The van der Waals surface area contributed by atoms with Gasteiger partial charge in [0.2, 0.25) is 11.8 Å². The number of nitrogens with zero attached hydrogens (tertiary/aromatic N) is 3. The number of hydrogen-bond donors (Lipinski definition) is 1. The summed E-state index contributed by atoms with van der Waals surface area (Å²) in [6.07, 6.45) is 4.73. The zero-order chi connectivity index (χ0) is 20.8. The number of anilines is 1. The average molecular weight is 404 g/mol. The maximum Gasteiger partial charge on any atom is 0.227 e. The maximum atomic E-state index is 12.6. The van der Waals surface area contributed by atoms with Crippen LogP contribution < -0.4 is 15.0 Å². The predicted octanol–water partition coefficient (Wildman–Crippen LogP) is 2.74. The van der Waals surface area contributed by atoms with Gasteiger partial charge in [0, 0.05) is 31.8 Å². The molecule has 1 aliphatic rings. The summed E-state index contributed by atoms with van der Waals surface area (Å²) < 4.78 is 7.38. The summed E-state index contributed by atoms with van der Waals surface area (Å²) >= 11 is 0. The van der Waals surface area contributed by atoms with Gasteiger partial charge in [0.15, 0.2) is 0 Å². The van der Waals surface area contributed by atoms with Crippen molar-refractivity contribution in [2.24, 2.45) is 0 Å². The van der Waals surface area contributed by atoms with Crippen LogP contribution in [0.25, 0.3) is 5.69 Å². The Morgan fingerprint density at radius 3 is 2.67 bits per heavy atom. The lowest BCUT2D eigenvalue weighted by Gasteiger charge is -2.29. The number of aromatic nitrogens is 2. The van der Waals surface area contributed by atoms with Crippen molar-refractivity contribution in [1.82, 2.24) is 15.1 Å². The number of ether oxygens (including phenoxy) is 1. The van der Waals surface area contributed by atoms with E-state index in [0.29, 0.717) is 25.4 Å². The summed E-state index contributed by atoms with van der Waals surface area (Å²) in [6, 6.07) is 17.4. The second-order valence-corrected chi connectivity index (χ2v) is 7.08. The molecule has 2 amide bonds. The van der Waals surface area contributed by atoms with Crippen LogP contribution in [-0.2, 0) is 16.0 Å². The van der Waals surface area contributed by atoms with E-state index < -0.39 is 0 Å². The quantitative estimate of drug-likeness (QED) is 0.657. The highest BCUT2D eigenvalue weighted by Gasteiger charge is 2.23. The maximum absolute atomic E-state index is 12.6. The van der Waals surface area contributed by atoms with Gasteiger partial charge in [-0.05, 0) is 42.3 Å². The molecule has 2 aromatic carbocycles. The van der Waals surface area contributed by atoms with E-state index in [1.165, 1.54) is 0 Å². The van der Waals surface area contributed by atoms with Gasteiger partial charge in [0.1, 0.15) is 12.4 Å². The average Bonchev–Trinajstić information content (AvgIpc) is 3.32. The topological polar surface area (TPSA) is 76.5 Å². The molecule has 1 aromatic heterocycles. The molecule has 0 aliphatic carbocycles. The van der Waals surface area contributed by atoms with Crippen molar-refractivity contribution in [2.75, 3.05) is 24.6 Å². The predicted molar refractivity (Wildman–Crippen MR) is 114 cm³/mol. The Morgan fingerprint density at radius 1 is 1.03 bits per heavy atom. The fourth-order valence-corrected chi connectivity index (χ4v) is 3.46. The minimum Gasteiger partial charge on any atom is -0.490 e. The number of amides is 2. The smallest absolute Gasteiger partial charge is 0.227 e. The third-order valence-electron chi connectivity index (χ3n) is 5.04. The molecule has 2 heterocycles. The lowest BCUT2D eigenvalue weighted by atomic mass is 10.1. The van der Waals surface area contributed by atoms with Gasteiger partial charge in [-0.15, -0.1) is 0 Å². The second kappa shape index (κ2) is 9.26. The molecule has 0 atom stereocenters. The first-order valence-electron chi connectivity index (χ1n) is 10.1. The van der Waals surface area contributed by atoms with E-state index >= 15 is 0 Å². The number of fused-ring (bicyclic) bond motifs is 1. The van der Waals surface area contributed by atoms with E-state index in [0.717, 1.165) is 23.4 Å². The van der Waals surface area contributed by atoms with Gasteiger partial charge >= 0.3 is 0 Å². The van der Waals surface area contributed by atoms with Crippen molar-refractivity contribution in [3.8, 4) is 11.4 Å². The molecule has 154 valence electrons. The molecule has 1 N–H and O–H groups in total. The van der Waals surface area contributed by atoms with Crippen molar-refractivity contribution in [3.63, 3.8) is 0 Å². The van der Waals surface area contributed by atoms with Crippen LogP contribution in [0.5, 0.6) is 5.75 Å². The monoisotopic (exact) mass is 404 g/mol. The van der Waals surface area contributed by atoms with Gasteiger partial charge in [-0.3, -0.25) is 9.59 Å². The third kappa shape index (κ3) is 4.68. The number of carbonyl (C=O) groups is 2. The number of para-hydroxylation sites is 2. The summed E-state index contributed by atoms with van der Waals surface area (Å²) in [6.45, 7) is 1.51. The first-order valence-corrected chi connectivity index (χ1v) is 10.1. The summed E-state index contributed by atoms with van der Waals surface area (Å²) in [4.78, 5) is 26.4. The normalized spacial score (nSPS) is 12.7. The highest BCUT2D eigenvalue weighted by molar-refractivity contribution is 5.97. The van der Waals surface area contributed by atoms with Crippen LogP contribution in [0.1, 0.15) is 18.4 Å². The zero-order valence-electron chi connectivity index (χ0n) is 16.7. The van der Waals surface area contributed by atoms with Gasteiger partial charge in [-0.25, -0.2) is 4.68 Å². The lowest BCUT2D eigenvalue weighted by Crippen LogP contribution is -2.38. The van der Waals surface area contributed by atoms with Gasteiger partial charge in [-0.1, -0.05) is 24.3 Å². The molecule has 7 nitrogen and oxygen atoms in total. The summed E-state index contributed by atoms with van der Waals surface area (Å²) in [5.74, 6) is 0.535. The van der Waals surface area contributed by atoms with Crippen molar-refractivity contribution in [3.05, 3.63) is 72.6 Å². The number of hydrogen-bond acceptors (Lipinski definition) is 4. The molecular formula is C23H24N4O3. The third-order valence-corrected chi connectivity index (χ3v) is 5.04. The van der Waals surface area contributed by atoms with Crippen molar-refractivity contribution in [1.29, 1.82) is 0 Å². The van der Waals surface area contributed by atoms with Crippen LogP contribution in [0.15, 0.2) is 67.0 Å². The number of nitrogens with one attached hydrogen (secondary N) is 1. The second-order valence-electron chi connectivity index (χ2n) is 7.08. The first-order chi connectivity index (χ1) is 14.7. The van der Waals surface area contributed by atoms with Crippen LogP contribution in [0.3, 0.4) is 0 Å². The number of carbonyl (C=O) groups excluding carboxylic acids is 2. The largest absolute Gasteiger partial charge is 0.490 e. The van der Waals surface area contributed by atoms with Crippen LogP contribution >= 0.6 is 0 Å². The molecule has 30 heavy (non-hydrogen) atoms. The summed E-state index contributed by atoms with van der Waals surface area (Å²) in [5.41, 5.74) is 2.90. The standard InChI is InChI=1S/C23H24N4O3/c28-22(10-11-23(29)26-16-17-30-21-5-2-1-4-20(21)26)24-14-12-18-6-8-19(9-7-18)27-15-3-13-25-27/h1-9,13,15H,10-12,14,16-17H2,(H,24,28). The molecule has 0 unspecified atom stereocenters. The number of rotatable bonds is 7. The molecule has 7 heteroatoms. The minimum absolute atomic E-state index is 0.0601. The van der Waals surface area contributed by atoms with E-state index in [1.807, 2.05) is 60.8 Å². The molecule has 0 bridgehead atoms. The van der Waals surface area contributed by atoms with Gasteiger partial charge in [0.25, 0.3) is 0 Å². The Kier molecular flexibility index (Phi) is 6.08. The highest BCUT2D eigenvalue weighted by atomic mass is 16.5. The van der Waals surface area contributed by atoms with Crippen LogP contribution in [-0.4, -0.2) is 41.3 Å². The molecule has 1 aliphatic heterocycles. The fourth-order valence-electron chi connectivity index (χ4n) is 3.46. The summed E-state index contributed by atoms with van der Waals surface area (Å²) in [5, 5.41) is 7.10. The minimum atomic E-state index is -0.113. The first kappa shape index (κ1) is 19.7. The van der Waals surface area contributed by atoms with Crippen LogP contribution in [0.2, 0.25) is 0 Å². The van der Waals surface area contributed by atoms with Crippen molar-refractivity contribution in [2.45, 2.75) is 19.3 Å². The Bertz CT molecular complexity index is 1000. The molecule has 4 rings (SSSR count). The van der Waals surface area contributed by atoms with Gasteiger partial charge < -0.3 is 15.0 Å². The SMILES string of the molecule is O=C(CCC(=O)N1CCOc2ccccc21)NCCc1ccc(-n2cccn2)cc1. The van der Waals surface area contributed by atoms with Crippen LogP contribution in [0.4, 0.5) is 5.69 Å². The van der Waals surface area contributed by atoms with Gasteiger partial charge in [-0.2, -0.15) is 5.10 Å². The van der Waals surface area contributed by atoms with Crippen LogP contribution in [0, 0.1) is 0 Å². The molecule has 0 radical (unpaired) electrons. The Morgan fingerprint density at radius 2 is 1.87 bits per heavy atom. The van der Waals surface area contributed by atoms with Crippen molar-refractivity contribution >= 4 is 17.5 Å². The molecule has 0 spiro atoms. The zero-order valence-corrected chi connectivity index (χ0v) is 16.7. The summed E-state index contributed by atoms with van der Waals surface area (Å²) in [7, 11) is 0. The molecule has 3 aromatic rings. The highest BCUT2D eigenvalue weighted by Crippen LogP contribution is 2.31. The van der Waals surface area contributed by atoms with E-state index in [9.17, 15) is 9.59 Å². The molecular weight excluding hydrogens is 380 g/mol.